The molecule has 0 bridgehead atoms. The quantitative estimate of drug-likeness (QED) is 0.398. The minimum atomic E-state index is -0.487. The zero-order chi connectivity index (χ0) is 20.7. The Morgan fingerprint density at radius 3 is 2.43 bits per heavy atom. The standard InChI is InChI=1S/C19H29N3O6/c1-19(2,3)28-18(23)21-11-9-20(10-12-21)8-5-13-27-17-14-15(22(24)25)6-7-16(17)26-4/h6-7,14H,5,8-13H2,1-4H3. The second-order valence-electron chi connectivity index (χ2n) is 7.60. The summed E-state index contributed by atoms with van der Waals surface area (Å²) < 4.78 is 16.3. The third-order valence-corrected chi connectivity index (χ3v) is 4.26. The van der Waals surface area contributed by atoms with Crippen LogP contribution >= 0.6 is 0 Å². The van der Waals surface area contributed by atoms with Gasteiger partial charge in [0.05, 0.1) is 24.7 Å². The van der Waals surface area contributed by atoms with Gasteiger partial charge >= 0.3 is 6.09 Å². The van der Waals surface area contributed by atoms with Crippen molar-refractivity contribution in [1.29, 1.82) is 0 Å². The molecular weight excluding hydrogens is 366 g/mol. The Labute approximate surface area is 165 Å². The van der Waals surface area contributed by atoms with Crippen LogP contribution in [-0.2, 0) is 4.74 Å². The van der Waals surface area contributed by atoms with Crippen molar-refractivity contribution in [2.75, 3.05) is 46.4 Å². The minimum absolute atomic E-state index is 0.0333. The van der Waals surface area contributed by atoms with E-state index in [9.17, 15) is 14.9 Å². The Balaban J connectivity index is 1.73. The zero-order valence-electron chi connectivity index (χ0n) is 17.0. The van der Waals surface area contributed by atoms with E-state index in [1.54, 1.807) is 4.90 Å². The number of methoxy groups -OCH3 is 1. The molecule has 0 saturated carbocycles. The molecule has 1 aliphatic heterocycles. The Morgan fingerprint density at radius 2 is 1.86 bits per heavy atom. The fourth-order valence-corrected chi connectivity index (χ4v) is 2.84. The lowest BCUT2D eigenvalue weighted by atomic mass is 10.2. The first-order valence-electron chi connectivity index (χ1n) is 9.35. The molecule has 1 amide bonds. The molecule has 1 aliphatic rings. The fraction of sp³-hybridized carbons (Fsp3) is 0.632. The smallest absolute Gasteiger partial charge is 0.410 e. The summed E-state index contributed by atoms with van der Waals surface area (Å²) in [6, 6.07) is 4.29. The van der Waals surface area contributed by atoms with Gasteiger partial charge in [0.25, 0.3) is 5.69 Å². The van der Waals surface area contributed by atoms with Gasteiger partial charge in [-0.25, -0.2) is 4.79 Å². The number of ether oxygens (including phenoxy) is 3. The summed E-state index contributed by atoms with van der Waals surface area (Å²) in [5.41, 5.74) is -0.520. The molecular formula is C19H29N3O6. The molecule has 0 aromatic heterocycles. The van der Waals surface area contributed by atoms with Crippen LogP contribution in [0, 0.1) is 10.1 Å². The van der Waals surface area contributed by atoms with Crippen molar-refractivity contribution >= 4 is 11.8 Å². The number of nitro groups is 1. The number of nitro benzene ring substituents is 1. The van der Waals surface area contributed by atoms with Crippen molar-refractivity contribution in [3.8, 4) is 11.5 Å². The predicted octanol–water partition coefficient (Wildman–Crippen LogP) is 2.93. The van der Waals surface area contributed by atoms with Crippen LogP contribution in [0.4, 0.5) is 10.5 Å². The SMILES string of the molecule is COc1ccc([N+](=O)[O-])cc1OCCCN1CCN(C(=O)OC(C)(C)C)CC1. The summed E-state index contributed by atoms with van der Waals surface area (Å²) in [5.74, 6) is 0.836. The highest BCUT2D eigenvalue weighted by Gasteiger charge is 2.25. The van der Waals surface area contributed by atoms with Gasteiger partial charge in [0, 0.05) is 38.8 Å². The van der Waals surface area contributed by atoms with Crippen molar-refractivity contribution in [2.45, 2.75) is 32.8 Å². The molecule has 9 heteroatoms. The van der Waals surface area contributed by atoms with Gasteiger partial charge in [-0.05, 0) is 33.3 Å². The number of non-ortho nitro benzene ring substituents is 1. The highest BCUT2D eigenvalue weighted by atomic mass is 16.6. The number of benzene rings is 1. The number of amides is 1. The maximum absolute atomic E-state index is 12.1. The highest BCUT2D eigenvalue weighted by molar-refractivity contribution is 5.68. The second-order valence-corrected chi connectivity index (χ2v) is 7.60. The Hall–Kier alpha value is -2.55. The summed E-state index contributed by atoms with van der Waals surface area (Å²) in [4.78, 5) is 26.5. The van der Waals surface area contributed by atoms with Gasteiger partial charge in [-0.1, -0.05) is 0 Å². The monoisotopic (exact) mass is 395 g/mol. The predicted molar refractivity (Wildman–Crippen MR) is 104 cm³/mol. The van der Waals surface area contributed by atoms with Gasteiger partial charge in [0.15, 0.2) is 11.5 Å². The number of hydrogen-bond acceptors (Lipinski definition) is 7. The lowest BCUT2D eigenvalue weighted by Gasteiger charge is -2.35. The maximum Gasteiger partial charge on any atom is 0.410 e. The summed E-state index contributed by atoms with van der Waals surface area (Å²) in [5, 5.41) is 10.9. The van der Waals surface area contributed by atoms with Crippen LogP contribution < -0.4 is 9.47 Å². The van der Waals surface area contributed by atoms with Crippen molar-refractivity contribution in [1.82, 2.24) is 9.80 Å². The molecule has 156 valence electrons. The molecule has 9 nitrogen and oxygen atoms in total. The molecule has 0 radical (unpaired) electrons. The van der Waals surface area contributed by atoms with E-state index in [1.807, 2.05) is 20.8 Å². The van der Waals surface area contributed by atoms with Crippen LogP contribution in [0.15, 0.2) is 18.2 Å². The van der Waals surface area contributed by atoms with Crippen LogP contribution in [-0.4, -0.2) is 72.9 Å². The molecule has 1 heterocycles. The number of nitrogens with zero attached hydrogens (tertiary/aromatic N) is 3. The van der Waals surface area contributed by atoms with E-state index in [2.05, 4.69) is 4.90 Å². The lowest BCUT2D eigenvalue weighted by Crippen LogP contribution is -2.50. The molecule has 0 spiro atoms. The number of carbonyl (C=O) groups excluding carboxylic acids is 1. The van der Waals surface area contributed by atoms with Gasteiger partial charge < -0.3 is 19.1 Å². The second kappa shape index (κ2) is 9.59. The lowest BCUT2D eigenvalue weighted by molar-refractivity contribution is -0.385. The molecule has 1 aromatic rings. The number of piperazine rings is 1. The van der Waals surface area contributed by atoms with Crippen LogP contribution in [0.1, 0.15) is 27.2 Å². The number of carbonyl (C=O) groups is 1. The van der Waals surface area contributed by atoms with Crippen molar-refractivity contribution < 1.29 is 23.9 Å². The Morgan fingerprint density at radius 1 is 1.18 bits per heavy atom. The van der Waals surface area contributed by atoms with E-state index in [-0.39, 0.29) is 11.8 Å². The first-order chi connectivity index (χ1) is 13.2. The molecule has 0 aliphatic carbocycles. The molecule has 0 atom stereocenters. The number of hydrogen-bond donors (Lipinski definition) is 0. The summed E-state index contributed by atoms with van der Waals surface area (Å²) in [6.07, 6.45) is 0.492. The Kier molecular flexibility index (Phi) is 7.45. The van der Waals surface area contributed by atoms with Gasteiger partial charge in [-0.15, -0.1) is 0 Å². The van der Waals surface area contributed by atoms with Crippen molar-refractivity contribution in [3.05, 3.63) is 28.3 Å². The van der Waals surface area contributed by atoms with Gasteiger partial charge in [-0.3, -0.25) is 15.0 Å². The average Bonchev–Trinajstić information content (AvgIpc) is 2.64. The van der Waals surface area contributed by atoms with Crippen LogP contribution in [0.25, 0.3) is 0 Å². The molecule has 0 N–H and O–H groups in total. The molecule has 2 rings (SSSR count). The minimum Gasteiger partial charge on any atom is -0.493 e. The van der Waals surface area contributed by atoms with Crippen LogP contribution in [0.3, 0.4) is 0 Å². The first kappa shape index (κ1) is 21.7. The van der Waals surface area contributed by atoms with E-state index >= 15 is 0 Å². The van der Waals surface area contributed by atoms with Crippen molar-refractivity contribution in [2.24, 2.45) is 0 Å². The number of rotatable bonds is 7. The summed E-state index contributed by atoms with van der Waals surface area (Å²) in [7, 11) is 1.50. The third kappa shape index (κ3) is 6.56. The first-order valence-corrected chi connectivity index (χ1v) is 9.35. The zero-order valence-corrected chi connectivity index (χ0v) is 17.0. The van der Waals surface area contributed by atoms with E-state index in [0.29, 0.717) is 31.2 Å². The largest absolute Gasteiger partial charge is 0.493 e. The highest BCUT2D eigenvalue weighted by Crippen LogP contribution is 2.31. The van der Waals surface area contributed by atoms with E-state index in [4.69, 9.17) is 14.2 Å². The molecule has 0 unspecified atom stereocenters. The Bertz CT molecular complexity index is 681. The van der Waals surface area contributed by atoms with Crippen LogP contribution in [0.2, 0.25) is 0 Å². The van der Waals surface area contributed by atoms with E-state index in [0.717, 1.165) is 26.1 Å². The molecule has 1 saturated heterocycles. The topological polar surface area (TPSA) is 94.4 Å². The molecule has 28 heavy (non-hydrogen) atoms. The average molecular weight is 395 g/mol. The van der Waals surface area contributed by atoms with Gasteiger partial charge in [0.2, 0.25) is 0 Å². The van der Waals surface area contributed by atoms with Gasteiger partial charge in [0.1, 0.15) is 5.60 Å². The molecule has 1 aromatic carbocycles. The third-order valence-electron chi connectivity index (χ3n) is 4.26. The normalized spacial score (nSPS) is 15.2. The summed E-state index contributed by atoms with van der Waals surface area (Å²) in [6.45, 7) is 9.64. The van der Waals surface area contributed by atoms with E-state index in [1.165, 1.54) is 25.3 Å². The summed E-state index contributed by atoms with van der Waals surface area (Å²) >= 11 is 0. The van der Waals surface area contributed by atoms with Crippen LogP contribution in [0.5, 0.6) is 11.5 Å². The maximum atomic E-state index is 12.1. The molecule has 1 fully saturated rings. The van der Waals surface area contributed by atoms with Gasteiger partial charge in [-0.2, -0.15) is 0 Å². The van der Waals surface area contributed by atoms with E-state index < -0.39 is 10.5 Å². The fourth-order valence-electron chi connectivity index (χ4n) is 2.84. The van der Waals surface area contributed by atoms with Crippen molar-refractivity contribution in [3.63, 3.8) is 0 Å².